The van der Waals surface area contributed by atoms with Gasteiger partial charge in [0, 0.05) is 18.4 Å². The van der Waals surface area contributed by atoms with Crippen LogP contribution < -0.4 is 16.0 Å². The number of carbonyl (C=O) groups is 1. The number of hydrogen-bond donors (Lipinski definition) is 3. The smallest absolute Gasteiger partial charge is 0.291 e. The Morgan fingerprint density at radius 3 is 2.72 bits per heavy atom. The average molecular weight is 505 g/mol. The molecule has 0 aliphatic carbocycles. The molecule has 7 nitrogen and oxygen atoms in total. The summed E-state index contributed by atoms with van der Waals surface area (Å²) in [5.41, 5.74) is 2.61. The number of amides is 1. The molecule has 8 heteroatoms. The van der Waals surface area contributed by atoms with Crippen molar-refractivity contribution in [2.24, 2.45) is 4.99 Å². The highest BCUT2D eigenvalue weighted by molar-refractivity contribution is 14.0. The van der Waals surface area contributed by atoms with Gasteiger partial charge in [-0.2, -0.15) is 0 Å². The normalized spacial score (nSPS) is 10.7. The molecule has 1 aromatic carbocycles. The van der Waals surface area contributed by atoms with E-state index in [4.69, 9.17) is 4.42 Å². The number of rotatable bonds is 7. The molecule has 3 N–H and O–H groups in total. The minimum Gasteiger partial charge on any atom is -0.459 e. The van der Waals surface area contributed by atoms with Gasteiger partial charge in [0.1, 0.15) is 0 Å². The fourth-order valence-corrected chi connectivity index (χ4v) is 2.54. The number of carbonyl (C=O) groups excluding carboxylic acids is 1. The second-order valence-corrected chi connectivity index (χ2v) is 6.00. The lowest BCUT2D eigenvalue weighted by atomic mass is 10.2. The van der Waals surface area contributed by atoms with E-state index < -0.39 is 0 Å². The summed E-state index contributed by atoms with van der Waals surface area (Å²) >= 11 is 0. The highest BCUT2D eigenvalue weighted by Gasteiger charge is 2.08. The fourth-order valence-electron chi connectivity index (χ4n) is 2.54. The lowest BCUT2D eigenvalue weighted by Gasteiger charge is -2.11. The van der Waals surface area contributed by atoms with Crippen molar-refractivity contribution in [1.82, 2.24) is 15.6 Å². The van der Waals surface area contributed by atoms with E-state index in [-0.39, 0.29) is 35.6 Å². The van der Waals surface area contributed by atoms with Crippen molar-refractivity contribution < 1.29 is 9.21 Å². The molecular weight excluding hydrogens is 481 g/mol. The number of halogens is 1. The summed E-state index contributed by atoms with van der Waals surface area (Å²) in [6.07, 6.45) is 3.24. The van der Waals surface area contributed by atoms with Gasteiger partial charge in [-0.15, -0.1) is 24.0 Å². The van der Waals surface area contributed by atoms with Crippen LogP contribution in [0, 0.1) is 0 Å². The SMILES string of the molecule is CCNC(=NCc1cccc(NC(=O)c2ccco2)c1)NCc1ccccn1.I. The number of hydrogen-bond acceptors (Lipinski definition) is 4. The first kappa shape index (κ1) is 22.4. The van der Waals surface area contributed by atoms with Crippen molar-refractivity contribution in [2.75, 3.05) is 11.9 Å². The molecule has 0 bridgehead atoms. The van der Waals surface area contributed by atoms with Crippen LogP contribution in [-0.4, -0.2) is 23.4 Å². The van der Waals surface area contributed by atoms with Gasteiger partial charge in [-0.25, -0.2) is 4.99 Å². The highest BCUT2D eigenvalue weighted by atomic mass is 127. The van der Waals surface area contributed by atoms with Crippen molar-refractivity contribution in [3.63, 3.8) is 0 Å². The molecule has 0 aliphatic rings. The molecule has 0 radical (unpaired) electrons. The third-order valence-electron chi connectivity index (χ3n) is 3.86. The van der Waals surface area contributed by atoms with Gasteiger partial charge in [-0.1, -0.05) is 18.2 Å². The van der Waals surface area contributed by atoms with Crippen LogP contribution in [0.2, 0.25) is 0 Å². The van der Waals surface area contributed by atoms with Gasteiger partial charge < -0.3 is 20.4 Å². The number of pyridine rings is 1. The van der Waals surface area contributed by atoms with Crippen molar-refractivity contribution in [2.45, 2.75) is 20.0 Å². The van der Waals surface area contributed by atoms with Crippen molar-refractivity contribution in [3.05, 3.63) is 84.1 Å². The number of furan rings is 1. The topological polar surface area (TPSA) is 91.5 Å². The largest absolute Gasteiger partial charge is 0.459 e. The van der Waals surface area contributed by atoms with Gasteiger partial charge in [0.15, 0.2) is 11.7 Å². The van der Waals surface area contributed by atoms with E-state index in [9.17, 15) is 4.79 Å². The number of nitrogens with zero attached hydrogens (tertiary/aromatic N) is 2. The van der Waals surface area contributed by atoms with Crippen LogP contribution >= 0.6 is 24.0 Å². The number of guanidine groups is 1. The Hall–Kier alpha value is -2.88. The number of aliphatic imine (C=N–C) groups is 1. The molecule has 0 unspecified atom stereocenters. The number of aromatic nitrogens is 1. The van der Waals surface area contributed by atoms with E-state index in [1.54, 1.807) is 18.3 Å². The zero-order valence-electron chi connectivity index (χ0n) is 16.1. The summed E-state index contributed by atoms with van der Waals surface area (Å²) in [6, 6.07) is 16.7. The minimum atomic E-state index is -0.281. The number of anilines is 1. The second-order valence-electron chi connectivity index (χ2n) is 6.00. The number of benzene rings is 1. The minimum absolute atomic E-state index is 0. The van der Waals surface area contributed by atoms with Crippen LogP contribution in [-0.2, 0) is 13.1 Å². The highest BCUT2D eigenvalue weighted by Crippen LogP contribution is 2.13. The monoisotopic (exact) mass is 505 g/mol. The molecule has 1 amide bonds. The molecule has 3 aromatic rings. The first-order valence-corrected chi connectivity index (χ1v) is 9.10. The van der Waals surface area contributed by atoms with Gasteiger partial charge in [0.2, 0.25) is 0 Å². The van der Waals surface area contributed by atoms with E-state index in [0.29, 0.717) is 24.7 Å². The molecule has 0 saturated heterocycles. The third-order valence-corrected chi connectivity index (χ3v) is 3.86. The Balaban J connectivity index is 0.00000300. The van der Waals surface area contributed by atoms with Crippen molar-refractivity contribution >= 4 is 41.5 Å². The quantitative estimate of drug-likeness (QED) is 0.258. The lowest BCUT2D eigenvalue weighted by Crippen LogP contribution is -2.37. The van der Waals surface area contributed by atoms with E-state index in [0.717, 1.165) is 17.8 Å². The average Bonchev–Trinajstić information content (AvgIpc) is 3.26. The van der Waals surface area contributed by atoms with Crippen LogP contribution in [0.3, 0.4) is 0 Å². The Morgan fingerprint density at radius 2 is 2.00 bits per heavy atom. The predicted molar refractivity (Wildman–Crippen MR) is 124 cm³/mol. The van der Waals surface area contributed by atoms with E-state index in [1.165, 1.54) is 6.26 Å². The van der Waals surface area contributed by atoms with Crippen molar-refractivity contribution in [1.29, 1.82) is 0 Å². The molecular formula is C21H24IN5O2. The molecule has 0 fully saturated rings. The Morgan fingerprint density at radius 1 is 1.10 bits per heavy atom. The van der Waals surface area contributed by atoms with E-state index in [1.807, 2.05) is 49.4 Å². The molecule has 0 spiro atoms. The number of nitrogens with one attached hydrogen (secondary N) is 3. The van der Waals surface area contributed by atoms with Crippen LogP contribution in [0.4, 0.5) is 5.69 Å². The van der Waals surface area contributed by atoms with Crippen molar-refractivity contribution in [3.8, 4) is 0 Å². The van der Waals surface area contributed by atoms with Crippen LogP contribution in [0.1, 0.15) is 28.7 Å². The van der Waals surface area contributed by atoms with Crippen LogP contribution in [0.5, 0.6) is 0 Å². The summed E-state index contributed by atoms with van der Waals surface area (Å²) in [5.74, 6) is 0.700. The summed E-state index contributed by atoms with van der Waals surface area (Å²) in [7, 11) is 0. The van der Waals surface area contributed by atoms with E-state index in [2.05, 4.69) is 25.9 Å². The molecule has 0 aliphatic heterocycles. The van der Waals surface area contributed by atoms with E-state index >= 15 is 0 Å². The molecule has 2 heterocycles. The Labute approximate surface area is 187 Å². The first-order valence-electron chi connectivity index (χ1n) is 9.10. The maximum atomic E-state index is 12.1. The second kappa shape index (κ2) is 11.8. The summed E-state index contributed by atoms with van der Waals surface area (Å²) < 4.78 is 5.11. The predicted octanol–water partition coefficient (Wildman–Crippen LogP) is 3.80. The first-order chi connectivity index (χ1) is 13.7. The zero-order chi connectivity index (χ0) is 19.6. The van der Waals surface area contributed by atoms with Gasteiger partial charge in [-0.05, 0) is 48.9 Å². The lowest BCUT2D eigenvalue weighted by molar-refractivity contribution is 0.0996. The summed E-state index contributed by atoms with van der Waals surface area (Å²) in [5, 5.41) is 9.31. The van der Waals surface area contributed by atoms with Gasteiger partial charge in [-0.3, -0.25) is 9.78 Å². The fraction of sp³-hybridized carbons (Fsp3) is 0.190. The molecule has 152 valence electrons. The Bertz CT molecular complexity index is 914. The molecule has 0 atom stereocenters. The molecule has 0 saturated carbocycles. The van der Waals surface area contributed by atoms with Crippen LogP contribution in [0.25, 0.3) is 0 Å². The Kier molecular flexibility index (Phi) is 9.16. The summed E-state index contributed by atoms with van der Waals surface area (Å²) in [6.45, 7) is 3.84. The van der Waals surface area contributed by atoms with Gasteiger partial charge >= 0.3 is 0 Å². The zero-order valence-corrected chi connectivity index (χ0v) is 18.4. The molecule has 2 aromatic heterocycles. The molecule has 29 heavy (non-hydrogen) atoms. The standard InChI is InChI=1S/C21H23N5O2.HI/c1-2-22-21(25-15-18-8-3-4-11-23-18)24-14-16-7-5-9-17(13-16)26-20(27)19-10-6-12-28-19;/h3-13H,2,14-15H2,1H3,(H,26,27)(H2,22,24,25);1H. The third kappa shape index (κ3) is 7.22. The molecule has 3 rings (SSSR count). The van der Waals surface area contributed by atoms with Gasteiger partial charge in [0.05, 0.1) is 25.0 Å². The van der Waals surface area contributed by atoms with Gasteiger partial charge in [0.25, 0.3) is 5.91 Å². The summed E-state index contributed by atoms with van der Waals surface area (Å²) in [4.78, 5) is 21.0. The maximum Gasteiger partial charge on any atom is 0.291 e. The maximum absolute atomic E-state index is 12.1. The van der Waals surface area contributed by atoms with Crippen LogP contribution in [0.15, 0.2) is 76.5 Å².